The molecule has 0 aromatic carbocycles. The molecule has 3 nitrogen and oxygen atoms in total. The fourth-order valence-electron chi connectivity index (χ4n) is 1.32. The van der Waals surface area contributed by atoms with Crippen molar-refractivity contribution in [2.75, 3.05) is 27.2 Å². The van der Waals surface area contributed by atoms with Crippen molar-refractivity contribution in [3.8, 4) is 0 Å². The van der Waals surface area contributed by atoms with Crippen molar-refractivity contribution in [2.45, 2.75) is 19.0 Å². The van der Waals surface area contributed by atoms with Crippen molar-refractivity contribution in [1.82, 2.24) is 9.80 Å². The van der Waals surface area contributed by atoms with Gasteiger partial charge in [-0.25, -0.2) is 0 Å². The van der Waals surface area contributed by atoms with Gasteiger partial charge in [0.25, 0.3) is 0 Å². The van der Waals surface area contributed by atoms with Gasteiger partial charge in [-0.15, -0.1) is 0 Å². The fraction of sp³-hybridized carbons (Fsp3) is 0.875. The quantitative estimate of drug-likeness (QED) is 0.416. The zero-order valence-electron chi connectivity index (χ0n) is 7.45. The molecule has 0 radical (unpaired) electrons. The second kappa shape index (κ2) is 3.32. The highest BCUT2D eigenvalue weighted by Crippen LogP contribution is 2.19. The highest BCUT2D eigenvalue weighted by Gasteiger charge is 2.35. The van der Waals surface area contributed by atoms with E-state index in [-0.39, 0.29) is 6.04 Å². The van der Waals surface area contributed by atoms with Gasteiger partial charge in [0.2, 0.25) is 0 Å². The molecule has 64 valence electrons. The Morgan fingerprint density at radius 1 is 1.73 bits per heavy atom. The van der Waals surface area contributed by atoms with Crippen molar-refractivity contribution in [3.05, 3.63) is 0 Å². The molecule has 0 saturated carbocycles. The molecular weight excluding hydrogens is 140 g/mol. The van der Waals surface area contributed by atoms with Crippen LogP contribution in [0.4, 0.5) is 0 Å². The summed E-state index contributed by atoms with van der Waals surface area (Å²) >= 11 is 0. The third kappa shape index (κ3) is 2.27. The summed E-state index contributed by atoms with van der Waals surface area (Å²) in [6.07, 6.45) is 1.05. The van der Waals surface area contributed by atoms with Gasteiger partial charge in [-0.05, 0) is 21.0 Å². The highest BCUT2D eigenvalue weighted by molar-refractivity contribution is 5.58. The van der Waals surface area contributed by atoms with Crippen LogP contribution in [-0.4, -0.2) is 55.4 Å². The predicted molar refractivity (Wildman–Crippen MR) is 44.6 cm³/mol. The number of aldehydes is 1. The van der Waals surface area contributed by atoms with E-state index in [0.717, 1.165) is 19.4 Å². The molecule has 0 bridgehead atoms. The zero-order chi connectivity index (χ0) is 8.43. The summed E-state index contributed by atoms with van der Waals surface area (Å²) in [7, 11) is 3.98. The van der Waals surface area contributed by atoms with Crippen LogP contribution in [0.3, 0.4) is 0 Å². The Bertz CT molecular complexity index is 147. The average molecular weight is 156 g/mol. The molecule has 1 rings (SSSR count). The van der Waals surface area contributed by atoms with Gasteiger partial charge < -0.3 is 9.69 Å². The molecule has 3 atom stereocenters. The van der Waals surface area contributed by atoms with E-state index in [4.69, 9.17) is 0 Å². The molecule has 0 spiro atoms. The zero-order valence-corrected chi connectivity index (χ0v) is 7.45. The third-order valence-corrected chi connectivity index (χ3v) is 2.04. The van der Waals surface area contributed by atoms with Crippen LogP contribution in [0, 0.1) is 0 Å². The largest absolute Gasteiger partial charge is 0.307 e. The van der Waals surface area contributed by atoms with E-state index in [1.165, 1.54) is 0 Å². The van der Waals surface area contributed by atoms with Crippen LogP contribution in [0.2, 0.25) is 0 Å². The van der Waals surface area contributed by atoms with Crippen LogP contribution in [-0.2, 0) is 4.79 Å². The minimum atomic E-state index is 0.111. The van der Waals surface area contributed by atoms with E-state index in [9.17, 15) is 4.79 Å². The molecule has 0 N–H and O–H groups in total. The van der Waals surface area contributed by atoms with Gasteiger partial charge in [-0.1, -0.05) is 0 Å². The van der Waals surface area contributed by atoms with Crippen molar-refractivity contribution >= 4 is 6.29 Å². The highest BCUT2D eigenvalue weighted by atomic mass is 16.1. The van der Waals surface area contributed by atoms with E-state index in [1.807, 2.05) is 19.0 Å². The Morgan fingerprint density at radius 2 is 2.27 bits per heavy atom. The number of hydrogen-bond acceptors (Lipinski definition) is 3. The van der Waals surface area contributed by atoms with Crippen molar-refractivity contribution in [3.63, 3.8) is 0 Å². The Labute approximate surface area is 68.0 Å². The van der Waals surface area contributed by atoms with Crippen LogP contribution < -0.4 is 0 Å². The summed E-state index contributed by atoms with van der Waals surface area (Å²) in [4.78, 5) is 14.8. The Morgan fingerprint density at radius 3 is 2.55 bits per heavy atom. The van der Waals surface area contributed by atoms with E-state index in [1.54, 1.807) is 0 Å². The molecule has 1 heterocycles. The first-order valence-corrected chi connectivity index (χ1v) is 4.01. The average Bonchev–Trinajstić information content (AvgIpc) is 2.61. The van der Waals surface area contributed by atoms with E-state index < -0.39 is 0 Å². The standard InChI is InChI=1S/C8H16N2O/c1-7-4-10(7)8(6-11)5-9(2)3/h6-8H,4-5H2,1-3H3. The fourth-order valence-corrected chi connectivity index (χ4v) is 1.32. The van der Waals surface area contributed by atoms with Gasteiger partial charge in [-0.2, -0.15) is 0 Å². The summed E-state index contributed by atoms with van der Waals surface area (Å²) in [6.45, 7) is 4.07. The Balaban J connectivity index is 2.32. The Hall–Kier alpha value is -0.410. The summed E-state index contributed by atoms with van der Waals surface area (Å²) in [5.74, 6) is 0. The molecule has 11 heavy (non-hydrogen) atoms. The molecule has 1 aliphatic rings. The van der Waals surface area contributed by atoms with Gasteiger partial charge in [-0.3, -0.25) is 4.90 Å². The van der Waals surface area contributed by atoms with Gasteiger partial charge >= 0.3 is 0 Å². The normalized spacial score (nSPS) is 32.0. The molecule has 1 saturated heterocycles. The summed E-state index contributed by atoms with van der Waals surface area (Å²) in [5.41, 5.74) is 0. The summed E-state index contributed by atoms with van der Waals surface area (Å²) < 4.78 is 0. The number of rotatable bonds is 4. The monoisotopic (exact) mass is 156 g/mol. The first kappa shape index (κ1) is 8.68. The molecule has 3 heteroatoms. The maximum atomic E-state index is 10.6. The lowest BCUT2D eigenvalue weighted by molar-refractivity contribution is -0.111. The second-order valence-electron chi connectivity index (χ2n) is 3.51. The minimum absolute atomic E-state index is 0.111. The van der Waals surface area contributed by atoms with Crippen LogP contribution in [0.5, 0.6) is 0 Å². The van der Waals surface area contributed by atoms with Crippen molar-refractivity contribution in [1.29, 1.82) is 0 Å². The predicted octanol–water partition coefficient (Wildman–Crippen LogP) is -0.180. The molecule has 0 amide bonds. The maximum Gasteiger partial charge on any atom is 0.138 e. The topological polar surface area (TPSA) is 23.3 Å². The van der Waals surface area contributed by atoms with Crippen LogP contribution in [0.25, 0.3) is 0 Å². The third-order valence-electron chi connectivity index (χ3n) is 2.04. The molecular formula is C8H16N2O. The van der Waals surface area contributed by atoms with Crippen LogP contribution >= 0.6 is 0 Å². The van der Waals surface area contributed by atoms with Gasteiger partial charge in [0, 0.05) is 19.1 Å². The number of carbonyl (C=O) groups is 1. The van der Waals surface area contributed by atoms with E-state index in [0.29, 0.717) is 6.04 Å². The lowest BCUT2D eigenvalue weighted by Gasteiger charge is -2.16. The lowest BCUT2D eigenvalue weighted by atomic mass is 10.3. The van der Waals surface area contributed by atoms with Crippen LogP contribution in [0.15, 0.2) is 0 Å². The molecule has 0 aromatic heterocycles. The Kier molecular flexibility index (Phi) is 2.62. The molecule has 0 aromatic rings. The number of carbonyl (C=O) groups excluding carboxylic acids is 1. The van der Waals surface area contributed by atoms with Gasteiger partial charge in [0.15, 0.2) is 0 Å². The molecule has 1 fully saturated rings. The van der Waals surface area contributed by atoms with Gasteiger partial charge in [0.1, 0.15) is 6.29 Å². The lowest BCUT2D eigenvalue weighted by Crippen LogP contribution is -2.33. The van der Waals surface area contributed by atoms with Crippen molar-refractivity contribution in [2.24, 2.45) is 0 Å². The van der Waals surface area contributed by atoms with E-state index in [2.05, 4.69) is 11.8 Å². The molecule has 3 unspecified atom stereocenters. The number of nitrogens with zero attached hydrogens (tertiary/aromatic N) is 2. The van der Waals surface area contributed by atoms with Crippen molar-refractivity contribution < 1.29 is 4.79 Å². The smallest absolute Gasteiger partial charge is 0.138 e. The first-order valence-electron chi connectivity index (χ1n) is 4.01. The first-order chi connectivity index (χ1) is 5.15. The summed E-state index contributed by atoms with van der Waals surface area (Å²) in [5, 5.41) is 0. The second-order valence-corrected chi connectivity index (χ2v) is 3.51. The maximum absolute atomic E-state index is 10.6. The molecule has 0 aliphatic carbocycles. The number of likely N-dealkylation sites (N-methyl/N-ethyl adjacent to an activating group) is 1. The van der Waals surface area contributed by atoms with Crippen LogP contribution in [0.1, 0.15) is 6.92 Å². The summed E-state index contributed by atoms with van der Waals surface area (Å²) in [6, 6.07) is 0.727. The molecule has 1 aliphatic heterocycles. The van der Waals surface area contributed by atoms with Gasteiger partial charge in [0.05, 0.1) is 6.04 Å². The van der Waals surface area contributed by atoms with E-state index >= 15 is 0 Å². The number of hydrogen-bond donors (Lipinski definition) is 0. The SMILES string of the molecule is CC1CN1C(C=O)CN(C)C. The minimum Gasteiger partial charge on any atom is -0.307 e.